The minimum atomic E-state index is 0.151. The van der Waals surface area contributed by atoms with E-state index in [9.17, 15) is 4.79 Å². The fourth-order valence-electron chi connectivity index (χ4n) is 2.06. The molecule has 1 aromatic heterocycles. The number of hydrogen-bond donors (Lipinski definition) is 0. The summed E-state index contributed by atoms with van der Waals surface area (Å²) >= 11 is 7.53. The molecule has 0 N–H and O–H groups in total. The molecule has 1 amide bonds. The highest BCUT2D eigenvalue weighted by Crippen LogP contribution is 2.15. The third-order valence-electron chi connectivity index (χ3n) is 3.17. The predicted octanol–water partition coefficient (Wildman–Crippen LogP) is 4.55. The molecule has 21 heavy (non-hydrogen) atoms. The van der Waals surface area contributed by atoms with E-state index in [0.717, 1.165) is 17.0 Å². The Kier molecular flexibility index (Phi) is 6.03. The smallest absolute Gasteiger partial charge is 0.223 e. The van der Waals surface area contributed by atoms with Crippen molar-refractivity contribution < 1.29 is 4.79 Å². The summed E-state index contributed by atoms with van der Waals surface area (Å²) in [7, 11) is 0. The van der Waals surface area contributed by atoms with E-state index in [2.05, 4.69) is 6.58 Å². The van der Waals surface area contributed by atoms with Gasteiger partial charge in [0, 0.05) is 22.9 Å². The van der Waals surface area contributed by atoms with E-state index in [4.69, 9.17) is 11.6 Å². The maximum absolute atomic E-state index is 12.4. The van der Waals surface area contributed by atoms with Crippen LogP contribution in [0, 0.1) is 0 Å². The third-order valence-corrected chi connectivity index (χ3v) is 4.28. The molecule has 0 unspecified atom stereocenters. The summed E-state index contributed by atoms with van der Waals surface area (Å²) in [4.78, 5) is 15.4. The molecule has 0 radical (unpaired) electrons. The second kappa shape index (κ2) is 8.01. The maximum Gasteiger partial charge on any atom is 0.223 e. The monoisotopic (exact) mass is 319 g/mol. The zero-order valence-electron chi connectivity index (χ0n) is 11.8. The largest absolute Gasteiger partial charge is 0.334 e. The lowest BCUT2D eigenvalue weighted by atomic mass is 10.1. The Balaban J connectivity index is 1.91. The lowest BCUT2D eigenvalue weighted by Gasteiger charge is -2.20. The first-order chi connectivity index (χ1) is 10.2. The van der Waals surface area contributed by atoms with Gasteiger partial charge in [0.2, 0.25) is 5.91 Å². The zero-order chi connectivity index (χ0) is 15.1. The Hall–Kier alpha value is -1.58. The van der Waals surface area contributed by atoms with Gasteiger partial charge in [0.15, 0.2) is 0 Å². The molecule has 1 heterocycles. The quantitative estimate of drug-likeness (QED) is 0.686. The molecule has 0 bridgehead atoms. The zero-order valence-corrected chi connectivity index (χ0v) is 13.4. The molecule has 0 fully saturated rings. The van der Waals surface area contributed by atoms with Gasteiger partial charge < -0.3 is 4.90 Å². The summed E-state index contributed by atoms with van der Waals surface area (Å²) < 4.78 is 0. The molecule has 110 valence electrons. The van der Waals surface area contributed by atoms with Gasteiger partial charge in [-0.25, -0.2) is 0 Å². The van der Waals surface area contributed by atoms with Crippen LogP contribution < -0.4 is 0 Å². The van der Waals surface area contributed by atoms with Crippen LogP contribution in [0.3, 0.4) is 0 Å². The van der Waals surface area contributed by atoms with Crippen LogP contribution in [0.4, 0.5) is 0 Å². The number of carbonyl (C=O) groups excluding carboxylic acids is 1. The second-order valence-corrected chi connectivity index (χ2v) is 6.24. The summed E-state index contributed by atoms with van der Waals surface area (Å²) in [6.07, 6.45) is 3.00. The van der Waals surface area contributed by atoms with Crippen molar-refractivity contribution in [2.45, 2.75) is 19.4 Å². The van der Waals surface area contributed by atoms with Gasteiger partial charge >= 0.3 is 0 Å². The first-order valence-corrected chi connectivity index (χ1v) is 8.10. The van der Waals surface area contributed by atoms with Crippen LogP contribution in [0.5, 0.6) is 0 Å². The van der Waals surface area contributed by atoms with Crippen LogP contribution in [-0.4, -0.2) is 17.4 Å². The van der Waals surface area contributed by atoms with Crippen LogP contribution >= 0.6 is 22.9 Å². The van der Waals surface area contributed by atoms with Crippen molar-refractivity contribution in [2.24, 2.45) is 0 Å². The van der Waals surface area contributed by atoms with Crippen molar-refractivity contribution in [2.75, 3.05) is 6.54 Å². The SMILES string of the molecule is C=CCN(Cc1cccs1)C(=O)CCc1ccc(Cl)cc1. The molecule has 4 heteroatoms. The molecular weight excluding hydrogens is 302 g/mol. The standard InChI is InChI=1S/C17H18ClNOS/c1-2-11-19(13-16-4-3-12-21-16)17(20)10-7-14-5-8-15(18)9-6-14/h2-6,8-9,12H,1,7,10-11,13H2. The molecule has 0 aliphatic heterocycles. The maximum atomic E-state index is 12.4. The average molecular weight is 320 g/mol. The summed E-state index contributed by atoms with van der Waals surface area (Å²) in [6, 6.07) is 11.7. The third kappa shape index (κ3) is 5.03. The number of hydrogen-bond acceptors (Lipinski definition) is 2. The van der Waals surface area contributed by atoms with E-state index in [1.807, 2.05) is 46.7 Å². The molecule has 0 atom stereocenters. The van der Waals surface area contributed by atoms with Gasteiger partial charge in [-0.1, -0.05) is 35.9 Å². The van der Waals surface area contributed by atoms with Gasteiger partial charge in [-0.05, 0) is 35.6 Å². The van der Waals surface area contributed by atoms with E-state index in [-0.39, 0.29) is 5.91 Å². The van der Waals surface area contributed by atoms with Crippen molar-refractivity contribution in [1.29, 1.82) is 0 Å². The van der Waals surface area contributed by atoms with Crippen LogP contribution in [-0.2, 0) is 17.8 Å². The van der Waals surface area contributed by atoms with Gasteiger partial charge in [-0.2, -0.15) is 0 Å². The fraction of sp³-hybridized carbons (Fsp3) is 0.235. The number of halogens is 1. The Morgan fingerprint density at radius 3 is 2.67 bits per heavy atom. The molecule has 0 saturated carbocycles. The molecule has 0 aliphatic rings. The Morgan fingerprint density at radius 1 is 1.29 bits per heavy atom. The van der Waals surface area contributed by atoms with E-state index in [1.165, 1.54) is 4.88 Å². The number of carbonyl (C=O) groups is 1. The van der Waals surface area contributed by atoms with Crippen LogP contribution in [0.2, 0.25) is 5.02 Å². The van der Waals surface area contributed by atoms with Crippen molar-refractivity contribution in [3.63, 3.8) is 0 Å². The van der Waals surface area contributed by atoms with Crippen LogP contribution in [0.15, 0.2) is 54.4 Å². The van der Waals surface area contributed by atoms with Crippen LogP contribution in [0.1, 0.15) is 16.9 Å². The number of aryl methyl sites for hydroxylation is 1. The Labute approximate surface area is 134 Å². The highest BCUT2D eigenvalue weighted by Gasteiger charge is 2.13. The van der Waals surface area contributed by atoms with E-state index in [1.54, 1.807) is 17.4 Å². The molecule has 0 aliphatic carbocycles. The van der Waals surface area contributed by atoms with Crippen molar-refractivity contribution >= 4 is 28.8 Å². The summed E-state index contributed by atoms with van der Waals surface area (Å²) in [5, 5.41) is 2.75. The Bertz CT molecular complexity index is 577. The predicted molar refractivity (Wildman–Crippen MR) is 89.7 cm³/mol. The number of amides is 1. The minimum Gasteiger partial charge on any atom is -0.334 e. The van der Waals surface area contributed by atoms with Gasteiger partial charge in [-0.3, -0.25) is 4.79 Å². The first-order valence-electron chi connectivity index (χ1n) is 6.84. The molecule has 1 aromatic carbocycles. The summed E-state index contributed by atoms with van der Waals surface area (Å²) in [6.45, 7) is 4.97. The fourth-order valence-corrected chi connectivity index (χ4v) is 2.91. The van der Waals surface area contributed by atoms with Gasteiger partial charge in [0.05, 0.1) is 6.54 Å². The molecule has 2 nitrogen and oxygen atoms in total. The van der Waals surface area contributed by atoms with Crippen molar-refractivity contribution in [3.05, 3.63) is 69.9 Å². The lowest BCUT2D eigenvalue weighted by Crippen LogP contribution is -2.30. The number of nitrogens with zero attached hydrogens (tertiary/aromatic N) is 1. The molecule has 0 saturated heterocycles. The number of benzene rings is 1. The summed E-state index contributed by atoms with van der Waals surface area (Å²) in [5.74, 6) is 0.151. The number of rotatable bonds is 7. The number of thiophene rings is 1. The normalized spacial score (nSPS) is 10.3. The molecule has 2 aromatic rings. The molecular formula is C17H18ClNOS. The van der Waals surface area contributed by atoms with E-state index in [0.29, 0.717) is 19.5 Å². The molecule has 0 spiro atoms. The Morgan fingerprint density at radius 2 is 2.05 bits per heavy atom. The lowest BCUT2D eigenvalue weighted by molar-refractivity contribution is -0.131. The highest BCUT2D eigenvalue weighted by molar-refractivity contribution is 7.09. The minimum absolute atomic E-state index is 0.151. The van der Waals surface area contributed by atoms with Gasteiger partial charge in [-0.15, -0.1) is 17.9 Å². The van der Waals surface area contributed by atoms with Crippen LogP contribution in [0.25, 0.3) is 0 Å². The first kappa shape index (κ1) is 15.8. The van der Waals surface area contributed by atoms with Crippen molar-refractivity contribution in [1.82, 2.24) is 4.90 Å². The molecule has 2 rings (SSSR count). The summed E-state index contributed by atoms with van der Waals surface area (Å²) in [5.41, 5.74) is 1.13. The van der Waals surface area contributed by atoms with Gasteiger partial charge in [0.1, 0.15) is 0 Å². The van der Waals surface area contributed by atoms with Crippen molar-refractivity contribution in [3.8, 4) is 0 Å². The average Bonchev–Trinajstić information content (AvgIpc) is 2.99. The van der Waals surface area contributed by atoms with E-state index >= 15 is 0 Å². The topological polar surface area (TPSA) is 20.3 Å². The second-order valence-electron chi connectivity index (χ2n) is 4.77. The van der Waals surface area contributed by atoms with E-state index < -0.39 is 0 Å². The van der Waals surface area contributed by atoms with Gasteiger partial charge in [0.25, 0.3) is 0 Å². The highest BCUT2D eigenvalue weighted by atomic mass is 35.5.